The summed E-state index contributed by atoms with van der Waals surface area (Å²) in [5, 5.41) is 3.40. The average molecular weight is 263 g/mol. The van der Waals surface area contributed by atoms with Crippen LogP contribution in [0.5, 0.6) is 0 Å². The third-order valence-electron chi connectivity index (χ3n) is 3.53. The number of hydrogen-bond donors (Lipinski definition) is 2. The Labute approximate surface area is 112 Å². The number of oxazole rings is 1. The zero-order chi connectivity index (χ0) is 13.8. The fourth-order valence-electron chi connectivity index (χ4n) is 2.10. The first kappa shape index (κ1) is 13.8. The molecular weight excluding hydrogens is 242 g/mol. The van der Waals surface area contributed by atoms with Gasteiger partial charge in [-0.25, -0.2) is 4.79 Å². The SMILES string of the molecule is CCC(CN)CNCc1ccc2oc(=O)n(C)c2c1. The summed E-state index contributed by atoms with van der Waals surface area (Å²) in [5.74, 6) is 0.191. The molecule has 0 saturated heterocycles. The minimum absolute atomic E-state index is 0.325. The van der Waals surface area contributed by atoms with Crippen LogP contribution in [0.1, 0.15) is 18.9 Å². The topological polar surface area (TPSA) is 73.2 Å². The fraction of sp³-hybridized carbons (Fsp3) is 0.500. The molecule has 2 rings (SSSR count). The maximum absolute atomic E-state index is 11.4. The molecule has 0 aliphatic carbocycles. The molecule has 1 aromatic heterocycles. The van der Waals surface area contributed by atoms with Gasteiger partial charge >= 0.3 is 5.76 Å². The van der Waals surface area contributed by atoms with Crippen LogP contribution in [0.3, 0.4) is 0 Å². The Morgan fingerprint density at radius 1 is 1.47 bits per heavy atom. The average Bonchev–Trinajstić information content (AvgIpc) is 2.71. The van der Waals surface area contributed by atoms with Gasteiger partial charge in [0.25, 0.3) is 0 Å². The summed E-state index contributed by atoms with van der Waals surface area (Å²) in [6.07, 6.45) is 1.08. The molecule has 1 aromatic carbocycles. The lowest BCUT2D eigenvalue weighted by Gasteiger charge is -2.13. The molecule has 0 spiro atoms. The number of fused-ring (bicyclic) bond motifs is 1. The molecule has 5 nitrogen and oxygen atoms in total. The van der Waals surface area contributed by atoms with Gasteiger partial charge in [-0.1, -0.05) is 19.4 Å². The minimum Gasteiger partial charge on any atom is -0.408 e. The number of aromatic nitrogens is 1. The maximum Gasteiger partial charge on any atom is 0.419 e. The summed E-state index contributed by atoms with van der Waals surface area (Å²) in [6.45, 7) is 4.53. The summed E-state index contributed by atoms with van der Waals surface area (Å²) >= 11 is 0. The van der Waals surface area contributed by atoms with Crippen LogP contribution in [-0.4, -0.2) is 17.7 Å². The van der Waals surface area contributed by atoms with Crippen LogP contribution in [0, 0.1) is 5.92 Å². The summed E-state index contributed by atoms with van der Waals surface area (Å²) in [7, 11) is 1.72. The molecule has 104 valence electrons. The number of aryl methyl sites for hydroxylation is 1. The van der Waals surface area contributed by atoms with Crippen molar-refractivity contribution in [2.45, 2.75) is 19.9 Å². The molecular formula is C14H21N3O2. The lowest BCUT2D eigenvalue weighted by molar-refractivity contribution is 0.471. The molecule has 0 aliphatic rings. The highest BCUT2D eigenvalue weighted by Gasteiger charge is 2.07. The predicted molar refractivity (Wildman–Crippen MR) is 76.0 cm³/mol. The molecule has 2 aromatic rings. The van der Waals surface area contributed by atoms with Crippen LogP contribution in [-0.2, 0) is 13.6 Å². The third kappa shape index (κ3) is 3.05. The molecule has 0 saturated carbocycles. The van der Waals surface area contributed by atoms with E-state index in [-0.39, 0.29) is 5.76 Å². The highest BCUT2D eigenvalue weighted by Crippen LogP contribution is 2.14. The van der Waals surface area contributed by atoms with Crippen molar-refractivity contribution in [2.75, 3.05) is 13.1 Å². The fourth-order valence-corrected chi connectivity index (χ4v) is 2.10. The van der Waals surface area contributed by atoms with E-state index in [0.29, 0.717) is 18.0 Å². The molecule has 1 unspecified atom stereocenters. The Kier molecular flexibility index (Phi) is 4.39. The molecule has 19 heavy (non-hydrogen) atoms. The van der Waals surface area contributed by atoms with E-state index in [4.69, 9.17) is 10.2 Å². The Morgan fingerprint density at radius 2 is 2.26 bits per heavy atom. The van der Waals surface area contributed by atoms with Crippen molar-refractivity contribution in [3.05, 3.63) is 34.3 Å². The first-order valence-electron chi connectivity index (χ1n) is 6.65. The van der Waals surface area contributed by atoms with Gasteiger partial charge in [0.05, 0.1) is 5.52 Å². The van der Waals surface area contributed by atoms with Crippen LogP contribution in [0.15, 0.2) is 27.4 Å². The van der Waals surface area contributed by atoms with E-state index in [1.54, 1.807) is 7.05 Å². The van der Waals surface area contributed by atoms with Gasteiger partial charge in [-0.3, -0.25) is 4.57 Å². The van der Waals surface area contributed by atoms with Crippen LogP contribution in [0.2, 0.25) is 0 Å². The van der Waals surface area contributed by atoms with Gasteiger partial charge in [-0.05, 0) is 36.7 Å². The molecule has 0 aliphatic heterocycles. The van der Waals surface area contributed by atoms with E-state index in [2.05, 4.69) is 12.2 Å². The molecule has 0 radical (unpaired) electrons. The van der Waals surface area contributed by atoms with Crippen molar-refractivity contribution in [1.29, 1.82) is 0 Å². The van der Waals surface area contributed by atoms with Crippen molar-refractivity contribution in [2.24, 2.45) is 18.7 Å². The standard InChI is InChI=1S/C14H21N3O2/c1-3-10(7-15)8-16-9-11-4-5-13-12(6-11)17(2)14(18)19-13/h4-6,10,16H,3,7-9,15H2,1-2H3. The highest BCUT2D eigenvalue weighted by molar-refractivity contribution is 5.73. The molecule has 5 heteroatoms. The van der Waals surface area contributed by atoms with Crippen LogP contribution in [0.4, 0.5) is 0 Å². The molecule has 3 N–H and O–H groups in total. The van der Waals surface area contributed by atoms with Gasteiger partial charge in [0, 0.05) is 13.6 Å². The van der Waals surface area contributed by atoms with Crippen LogP contribution < -0.4 is 16.8 Å². The largest absolute Gasteiger partial charge is 0.419 e. The van der Waals surface area contributed by atoms with Gasteiger partial charge in [0.1, 0.15) is 0 Å². The smallest absolute Gasteiger partial charge is 0.408 e. The molecule has 1 atom stereocenters. The molecule has 0 fully saturated rings. The first-order valence-corrected chi connectivity index (χ1v) is 6.65. The number of benzene rings is 1. The molecule has 0 amide bonds. The van der Waals surface area contributed by atoms with Gasteiger partial charge in [0.15, 0.2) is 5.58 Å². The van der Waals surface area contributed by atoms with E-state index in [9.17, 15) is 4.79 Å². The number of nitrogens with two attached hydrogens (primary N) is 1. The Hall–Kier alpha value is -1.59. The molecule has 1 heterocycles. The van der Waals surface area contributed by atoms with Crippen molar-refractivity contribution < 1.29 is 4.42 Å². The quantitative estimate of drug-likeness (QED) is 0.821. The van der Waals surface area contributed by atoms with Crippen molar-refractivity contribution >= 4 is 11.1 Å². The van der Waals surface area contributed by atoms with E-state index in [1.165, 1.54) is 4.57 Å². The van der Waals surface area contributed by atoms with Gasteiger partial charge in [-0.2, -0.15) is 0 Å². The number of hydrogen-bond acceptors (Lipinski definition) is 4. The first-order chi connectivity index (χ1) is 9.15. The van der Waals surface area contributed by atoms with Crippen molar-refractivity contribution in [1.82, 2.24) is 9.88 Å². The molecule has 0 bridgehead atoms. The summed E-state index contributed by atoms with van der Waals surface area (Å²) in [4.78, 5) is 11.4. The highest BCUT2D eigenvalue weighted by atomic mass is 16.4. The lowest BCUT2D eigenvalue weighted by Crippen LogP contribution is -2.27. The van der Waals surface area contributed by atoms with Crippen LogP contribution in [0.25, 0.3) is 11.1 Å². The van der Waals surface area contributed by atoms with Gasteiger partial charge in [-0.15, -0.1) is 0 Å². The van der Waals surface area contributed by atoms with Crippen molar-refractivity contribution in [3.63, 3.8) is 0 Å². The Bertz CT molecular complexity index is 596. The summed E-state index contributed by atoms with van der Waals surface area (Å²) in [6, 6.07) is 5.80. The van der Waals surface area contributed by atoms with Gasteiger partial charge < -0.3 is 15.5 Å². The summed E-state index contributed by atoms with van der Waals surface area (Å²) < 4.78 is 6.62. The predicted octanol–water partition coefficient (Wildman–Crippen LogP) is 1.21. The minimum atomic E-state index is -0.325. The number of nitrogens with one attached hydrogen (secondary N) is 1. The number of nitrogens with zero attached hydrogens (tertiary/aromatic N) is 1. The second-order valence-corrected chi connectivity index (χ2v) is 4.87. The zero-order valence-electron chi connectivity index (χ0n) is 11.5. The van der Waals surface area contributed by atoms with Crippen molar-refractivity contribution in [3.8, 4) is 0 Å². The van der Waals surface area contributed by atoms with Gasteiger partial charge in [0.2, 0.25) is 0 Å². The number of rotatable bonds is 6. The lowest BCUT2D eigenvalue weighted by atomic mass is 10.1. The van der Waals surface area contributed by atoms with Crippen LogP contribution >= 0.6 is 0 Å². The van der Waals surface area contributed by atoms with E-state index in [0.717, 1.165) is 30.6 Å². The second-order valence-electron chi connectivity index (χ2n) is 4.87. The maximum atomic E-state index is 11.4. The monoisotopic (exact) mass is 263 g/mol. The second kappa shape index (κ2) is 6.04. The Balaban J connectivity index is 2.05. The summed E-state index contributed by atoms with van der Waals surface area (Å²) in [5.41, 5.74) is 8.26. The zero-order valence-corrected chi connectivity index (χ0v) is 11.5. The third-order valence-corrected chi connectivity index (χ3v) is 3.53. The normalized spacial score (nSPS) is 13.0. The van der Waals surface area contributed by atoms with E-state index < -0.39 is 0 Å². The van der Waals surface area contributed by atoms with E-state index >= 15 is 0 Å². The Morgan fingerprint density at radius 3 is 2.95 bits per heavy atom. The van der Waals surface area contributed by atoms with E-state index in [1.807, 2.05) is 18.2 Å².